The summed E-state index contributed by atoms with van der Waals surface area (Å²) < 4.78 is 2.10. The van der Waals surface area contributed by atoms with Gasteiger partial charge < -0.3 is 4.40 Å². The van der Waals surface area contributed by atoms with Crippen molar-refractivity contribution in [1.29, 1.82) is 0 Å². The highest BCUT2D eigenvalue weighted by atomic mass is 35.5. The topological polar surface area (TPSA) is 17.3 Å². The minimum Gasteiger partial charge on any atom is -0.302 e. The van der Waals surface area contributed by atoms with Gasteiger partial charge in [0.2, 0.25) is 0 Å². The molecule has 0 saturated carbocycles. The molecule has 20 heavy (non-hydrogen) atoms. The van der Waals surface area contributed by atoms with E-state index < -0.39 is 0 Å². The van der Waals surface area contributed by atoms with Gasteiger partial charge in [-0.25, -0.2) is 4.98 Å². The number of imidazole rings is 1. The standard InChI is InChI=1S/C17H17ClN2/c1-12-5-7-14(8-6-12)10-15-16(11-18)20-9-3-4-13(2)17(20)19-15/h3-9H,10-11H2,1-2H3. The Balaban J connectivity index is 2.07. The molecule has 0 aliphatic rings. The number of fused-ring (bicyclic) bond motifs is 1. The van der Waals surface area contributed by atoms with Crippen LogP contribution in [0, 0.1) is 13.8 Å². The summed E-state index contributed by atoms with van der Waals surface area (Å²) in [5.41, 5.74) is 6.88. The molecule has 0 saturated heterocycles. The van der Waals surface area contributed by atoms with Crippen molar-refractivity contribution in [3.05, 3.63) is 70.7 Å². The number of halogens is 1. The van der Waals surface area contributed by atoms with Gasteiger partial charge in [0, 0.05) is 12.6 Å². The van der Waals surface area contributed by atoms with Gasteiger partial charge in [-0.15, -0.1) is 11.6 Å². The van der Waals surface area contributed by atoms with Gasteiger partial charge >= 0.3 is 0 Å². The third kappa shape index (κ3) is 2.32. The first-order valence-electron chi connectivity index (χ1n) is 6.76. The van der Waals surface area contributed by atoms with E-state index in [2.05, 4.69) is 48.6 Å². The zero-order valence-corrected chi connectivity index (χ0v) is 12.5. The van der Waals surface area contributed by atoms with E-state index in [0.717, 1.165) is 23.5 Å². The fourth-order valence-electron chi connectivity index (χ4n) is 2.48. The van der Waals surface area contributed by atoms with Crippen LogP contribution in [0.1, 0.15) is 28.1 Å². The average Bonchev–Trinajstić information content (AvgIpc) is 2.80. The molecule has 2 heterocycles. The summed E-state index contributed by atoms with van der Waals surface area (Å²) >= 11 is 6.14. The molecule has 0 bridgehead atoms. The van der Waals surface area contributed by atoms with Crippen LogP contribution in [-0.2, 0) is 12.3 Å². The molecule has 0 amide bonds. The molecular weight excluding hydrogens is 268 g/mol. The molecule has 3 rings (SSSR count). The molecule has 1 aromatic carbocycles. The molecule has 0 aliphatic heterocycles. The van der Waals surface area contributed by atoms with Crippen LogP contribution in [0.5, 0.6) is 0 Å². The van der Waals surface area contributed by atoms with Crippen LogP contribution in [0.3, 0.4) is 0 Å². The lowest BCUT2D eigenvalue weighted by atomic mass is 10.1. The summed E-state index contributed by atoms with van der Waals surface area (Å²) in [7, 11) is 0. The van der Waals surface area contributed by atoms with Crippen LogP contribution < -0.4 is 0 Å². The number of rotatable bonds is 3. The summed E-state index contributed by atoms with van der Waals surface area (Å²) in [5.74, 6) is 0.478. The molecule has 0 N–H and O–H groups in total. The smallest absolute Gasteiger partial charge is 0.140 e. The van der Waals surface area contributed by atoms with Gasteiger partial charge in [0.25, 0.3) is 0 Å². The van der Waals surface area contributed by atoms with E-state index in [0.29, 0.717) is 5.88 Å². The van der Waals surface area contributed by atoms with Crippen LogP contribution in [0.4, 0.5) is 0 Å². The molecule has 0 radical (unpaired) electrons. The number of aromatic nitrogens is 2. The fraction of sp³-hybridized carbons (Fsp3) is 0.235. The van der Waals surface area contributed by atoms with Gasteiger partial charge in [-0.05, 0) is 31.0 Å². The second-order valence-corrected chi connectivity index (χ2v) is 5.45. The van der Waals surface area contributed by atoms with Crippen molar-refractivity contribution < 1.29 is 0 Å². The van der Waals surface area contributed by atoms with Gasteiger partial charge in [-0.2, -0.15) is 0 Å². The monoisotopic (exact) mass is 284 g/mol. The van der Waals surface area contributed by atoms with E-state index >= 15 is 0 Å². The van der Waals surface area contributed by atoms with Crippen molar-refractivity contribution in [2.24, 2.45) is 0 Å². The third-order valence-corrected chi connectivity index (χ3v) is 3.90. The number of pyridine rings is 1. The Kier molecular flexibility index (Phi) is 3.49. The second-order valence-electron chi connectivity index (χ2n) is 5.19. The van der Waals surface area contributed by atoms with Crippen molar-refractivity contribution >= 4 is 17.2 Å². The minimum absolute atomic E-state index is 0.478. The maximum Gasteiger partial charge on any atom is 0.140 e. The number of hydrogen-bond acceptors (Lipinski definition) is 1. The number of hydrogen-bond donors (Lipinski definition) is 0. The average molecular weight is 285 g/mol. The van der Waals surface area contributed by atoms with E-state index in [1.807, 2.05) is 12.3 Å². The van der Waals surface area contributed by atoms with Crippen molar-refractivity contribution in [1.82, 2.24) is 9.38 Å². The number of nitrogens with zero attached hydrogens (tertiary/aromatic N) is 2. The van der Waals surface area contributed by atoms with Crippen LogP contribution in [-0.4, -0.2) is 9.38 Å². The molecule has 0 aliphatic carbocycles. The van der Waals surface area contributed by atoms with Crippen LogP contribution >= 0.6 is 11.6 Å². The lowest BCUT2D eigenvalue weighted by Crippen LogP contribution is -1.95. The SMILES string of the molecule is Cc1ccc(Cc2nc3c(C)cccn3c2CCl)cc1. The molecule has 0 fully saturated rings. The Bertz CT molecular complexity index is 742. The highest BCUT2D eigenvalue weighted by Gasteiger charge is 2.12. The number of benzene rings is 1. The van der Waals surface area contributed by atoms with Crippen molar-refractivity contribution in [3.8, 4) is 0 Å². The molecule has 0 atom stereocenters. The zero-order valence-electron chi connectivity index (χ0n) is 11.7. The summed E-state index contributed by atoms with van der Waals surface area (Å²) in [4.78, 5) is 4.78. The van der Waals surface area contributed by atoms with Crippen LogP contribution in [0.25, 0.3) is 5.65 Å². The Hall–Kier alpha value is -1.80. The van der Waals surface area contributed by atoms with Gasteiger partial charge in [-0.3, -0.25) is 0 Å². The highest BCUT2D eigenvalue weighted by molar-refractivity contribution is 6.17. The molecule has 2 aromatic heterocycles. The van der Waals surface area contributed by atoms with Crippen molar-refractivity contribution in [2.45, 2.75) is 26.1 Å². The van der Waals surface area contributed by atoms with E-state index in [4.69, 9.17) is 16.6 Å². The second kappa shape index (κ2) is 5.29. The van der Waals surface area contributed by atoms with Gasteiger partial charge in [-0.1, -0.05) is 35.9 Å². The number of alkyl halides is 1. The lowest BCUT2D eigenvalue weighted by molar-refractivity contribution is 1.03. The summed E-state index contributed by atoms with van der Waals surface area (Å²) in [6, 6.07) is 12.7. The Morgan fingerprint density at radius 1 is 1.10 bits per heavy atom. The normalized spacial score (nSPS) is 11.2. The summed E-state index contributed by atoms with van der Waals surface area (Å²) in [6.07, 6.45) is 2.86. The van der Waals surface area contributed by atoms with E-state index in [1.165, 1.54) is 16.7 Å². The molecule has 2 nitrogen and oxygen atoms in total. The van der Waals surface area contributed by atoms with E-state index in [1.54, 1.807) is 0 Å². The van der Waals surface area contributed by atoms with Crippen molar-refractivity contribution in [3.63, 3.8) is 0 Å². The van der Waals surface area contributed by atoms with Crippen molar-refractivity contribution in [2.75, 3.05) is 0 Å². The maximum atomic E-state index is 6.14. The van der Waals surface area contributed by atoms with Gasteiger partial charge in [0.05, 0.1) is 17.3 Å². The quantitative estimate of drug-likeness (QED) is 0.656. The molecule has 3 heteroatoms. The summed E-state index contributed by atoms with van der Waals surface area (Å²) in [6.45, 7) is 4.18. The first kappa shape index (κ1) is 13.2. The molecule has 0 unspecified atom stereocenters. The first-order valence-corrected chi connectivity index (χ1v) is 7.29. The first-order chi connectivity index (χ1) is 9.69. The minimum atomic E-state index is 0.478. The molecular formula is C17H17ClN2. The van der Waals surface area contributed by atoms with E-state index in [-0.39, 0.29) is 0 Å². The van der Waals surface area contributed by atoms with Gasteiger partial charge in [0.1, 0.15) is 5.65 Å². The summed E-state index contributed by atoms with van der Waals surface area (Å²) in [5, 5.41) is 0. The molecule has 3 aromatic rings. The number of aryl methyl sites for hydroxylation is 2. The largest absolute Gasteiger partial charge is 0.302 e. The zero-order chi connectivity index (χ0) is 14.1. The van der Waals surface area contributed by atoms with Crippen LogP contribution in [0.2, 0.25) is 0 Å². The van der Waals surface area contributed by atoms with Crippen LogP contribution in [0.15, 0.2) is 42.6 Å². The van der Waals surface area contributed by atoms with Gasteiger partial charge in [0.15, 0.2) is 0 Å². The fourth-order valence-corrected chi connectivity index (χ4v) is 2.77. The highest BCUT2D eigenvalue weighted by Crippen LogP contribution is 2.20. The molecule has 0 spiro atoms. The predicted octanol–water partition coefficient (Wildman–Crippen LogP) is 4.28. The molecule has 102 valence electrons. The van der Waals surface area contributed by atoms with E-state index in [9.17, 15) is 0 Å². The Morgan fingerprint density at radius 3 is 2.55 bits per heavy atom. The Labute approximate surface area is 124 Å². The predicted molar refractivity (Wildman–Crippen MR) is 83.5 cm³/mol. The Morgan fingerprint density at radius 2 is 1.85 bits per heavy atom. The third-order valence-electron chi connectivity index (χ3n) is 3.65. The maximum absolute atomic E-state index is 6.14. The lowest BCUT2D eigenvalue weighted by Gasteiger charge is -2.02.